The van der Waals surface area contributed by atoms with Crippen LogP contribution >= 0.6 is 0 Å². The van der Waals surface area contributed by atoms with Crippen LogP contribution in [0.25, 0.3) is 6.08 Å². The third kappa shape index (κ3) is 6.72. The molecule has 0 unspecified atom stereocenters. The maximum Gasteiger partial charge on any atom is 0.343 e. The van der Waals surface area contributed by atoms with Crippen molar-refractivity contribution in [1.29, 1.82) is 0 Å². The standard InChI is InChI=1S/C27H31N3O5/c1-5-7-16-35-22-14-12-19(17-23(22)33-4)13-15-24(31)30-26-25(27(32)34-6-2)18(3)28-20-10-8-9-11-21(20)29-26/h8-15,17,28H,5-7,16H2,1-4H3,(H,29,30,31). The Bertz CT molecular complexity index is 1170. The number of fused-ring (bicyclic) bond motifs is 1. The molecular formula is C27H31N3O5. The van der Waals surface area contributed by atoms with E-state index in [0.717, 1.165) is 24.1 Å². The molecule has 35 heavy (non-hydrogen) atoms. The third-order valence-electron chi connectivity index (χ3n) is 5.16. The number of unbranched alkanes of at least 4 members (excludes halogenated alkanes) is 1. The minimum Gasteiger partial charge on any atom is -0.493 e. The molecule has 2 aromatic carbocycles. The minimum absolute atomic E-state index is 0.116. The van der Waals surface area contributed by atoms with E-state index in [1.807, 2.05) is 30.3 Å². The van der Waals surface area contributed by atoms with Crippen molar-refractivity contribution in [3.05, 3.63) is 65.4 Å². The Hall–Kier alpha value is -4.07. The van der Waals surface area contributed by atoms with Gasteiger partial charge in [0.1, 0.15) is 11.4 Å². The molecule has 0 aliphatic carbocycles. The van der Waals surface area contributed by atoms with E-state index in [4.69, 9.17) is 14.2 Å². The number of amides is 1. The second-order valence-corrected chi connectivity index (χ2v) is 7.76. The highest BCUT2D eigenvalue weighted by atomic mass is 16.5. The van der Waals surface area contributed by atoms with Crippen LogP contribution in [0.1, 0.15) is 39.2 Å². The molecule has 3 rings (SSSR count). The number of nitrogens with one attached hydrogen (secondary N) is 2. The van der Waals surface area contributed by atoms with Crippen LogP contribution in [0.3, 0.4) is 0 Å². The van der Waals surface area contributed by atoms with E-state index >= 15 is 0 Å². The normalized spacial score (nSPS) is 12.9. The van der Waals surface area contributed by atoms with Crippen LogP contribution in [0, 0.1) is 0 Å². The molecule has 0 fully saturated rings. The average Bonchev–Trinajstić information content (AvgIpc) is 2.98. The summed E-state index contributed by atoms with van der Waals surface area (Å²) in [6, 6.07) is 12.8. The number of aliphatic imine (C=N–C) groups is 1. The first-order valence-corrected chi connectivity index (χ1v) is 11.6. The minimum atomic E-state index is -0.572. The van der Waals surface area contributed by atoms with Crippen LogP contribution in [0.2, 0.25) is 0 Å². The van der Waals surface area contributed by atoms with Crippen LogP contribution in [-0.4, -0.2) is 38.0 Å². The average molecular weight is 478 g/mol. The first-order valence-electron chi connectivity index (χ1n) is 11.6. The number of hydrogen-bond acceptors (Lipinski definition) is 7. The molecule has 1 amide bonds. The van der Waals surface area contributed by atoms with Gasteiger partial charge in [-0.3, -0.25) is 4.79 Å². The lowest BCUT2D eigenvalue weighted by Crippen LogP contribution is -2.34. The highest BCUT2D eigenvalue weighted by Gasteiger charge is 2.25. The maximum atomic E-state index is 12.8. The van der Waals surface area contributed by atoms with Crippen molar-refractivity contribution >= 4 is 35.2 Å². The lowest BCUT2D eigenvalue weighted by Gasteiger charge is -2.12. The number of nitrogens with zero attached hydrogens (tertiary/aromatic N) is 1. The Labute approximate surface area is 205 Å². The van der Waals surface area contributed by atoms with Gasteiger partial charge < -0.3 is 24.8 Å². The van der Waals surface area contributed by atoms with E-state index in [2.05, 4.69) is 22.5 Å². The second-order valence-electron chi connectivity index (χ2n) is 7.76. The highest BCUT2D eigenvalue weighted by molar-refractivity contribution is 6.25. The van der Waals surface area contributed by atoms with Crippen LogP contribution < -0.4 is 20.1 Å². The number of allylic oxidation sites excluding steroid dienone is 1. The van der Waals surface area contributed by atoms with Crippen molar-refractivity contribution in [1.82, 2.24) is 5.32 Å². The van der Waals surface area contributed by atoms with Gasteiger partial charge in [0.15, 0.2) is 11.5 Å². The van der Waals surface area contributed by atoms with Gasteiger partial charge >= 0.3 is 5.97 Å². The first-order chi connectivity index (χ1) is 17.0. The van der Waals surface area contributed by atoms with Gasteiger partial charge in [0.05, 0.1) is 31.7 Å². The molecule has 1 aliphatic heterocycles. The molecule has 8 nitrogen and oxygen atoms in total. The van der Waals surface area contributed by atoms with Crippen LogP contribution in [0.4, 0.5) is 11.4 Å². The van der Waals surface area contributed by atoms with Gasteiger partial charge in [-0.15, -0.1) is 0 Å². The lowest BCUT2D eigenvalue weighted by molar-refractivity contribution is -0.137. The molecule has 0 aromatic heterocycles. The SMILES string of the molecule is CCCCOc1ccc(C=CC(=O)NC2=Nc3ccccc3NC(C)=C2C(=O)OCC)cc1OC. The summed E-state index contributed by atoms with van der Waals surface area (Å²) in [4.78, 5) is 30.0. The van der Waals surface area contributed by atoms with E-state index in [1.54, 1.807) is 39.2 Å². The van der Waals surface area contributed by atoms with Crippen LogP contribution in [-0.2, 0) is 14.3 Å². The molecule has 0 spiro atoms. The van der Waals surface area contributed by atoms with E-state index < -0.39 is 11.9 Å². The Kier molecular flexibility index (Phi) is 9.06. The Balaban J connectivity index is 1.82. The predicted molar refractivity (Wildman–Crippen MR) is 137 cm³/mol. The van der Waals surface area contributed by atoms with Crippen molar-refractivity contribution in [3.63, 3.8) is 0 Å². The number of hydrogen-bond donors (Lipinski definition) is 2. The maximum absolute atomic E-state index is 12.8. The molecule has 0 radical (unpaired) electrons. The third-order valence-corrected chi connectivity index (χ3v) is 5.16. The molecule has 0 bridgehead atoms. The Morgan fingerprint density at radius 3 is 2.66 bits per heavy atom. The highest BCUT2D eigenvalue weighted by Crippen LogP contribution is 2.30. The summed E-state index contributed by atoms with van der Waals surface area (Å²) in [6.45, 7) is 6.37. The van der Waals surface area contributed by atoms with Crippen molar-refractivity contribution in [2.75, 3.05) is 25.6 Å². The van der Waals surface area contributed by atoms with Crippen LogP contribution in [0.5, 0.6) is 11.5 Å². The molecule has 1 heterocycles. The fourth-order valence-electron chi connectivity index (χ4n) is 3.40. The first kappa shape index (κ1) is 25.6. The summed E-state index contributed by atoms with van der Waals surface area (Å²) >= 11 is 0. The van der Waals surface area contributed by atoms with Crippen molar-refractivity contribution in [3.8, 4) is 11.5 Å². The lowest BCUT2D eigenvalue weighted by atomic mass is 10.1. The zero-order valence-corrected chi connectivity index (χ0v) is 20.5. The molecule has 2 aromatic rings. The molecular weight excluding hydrogens is 446 g/mol. The van der Waals surface area contributed by atoms with E-state index in [1.165, 1.54) is 6.08 Å². The zero-order valence-electron chi connectivity index (χ0n) is 20.5. The summed E-state index contributed by atoms with van der Waals surface area (Å²) in [5, 5.41) is 5.91. The largest absolute Gasteiger partial charge is 0.493 e. The number of carbonyl (C=O) groups excluding carboxylic acids is 2. The topological polar surface area (TPSA) is 98.2 Å². The molecule has 8 heteroatoms. The Morgan fingerprint density at radius 1 is 1.11 bits per heavy atom. The number of rotatable bonds is 9. The van der Waals surface area contributed by atoms with E-state index in [-0.39, 0.29) is 18.0 Å². The Morgan fingerprint density at radius 2 is 1.91 bits per heavy atom. The van der Waals surface area contributed by atoms with Gasteiger partial charge in [-0.2, -0.15) is 0 Å². The fourth-order valence-corrected chi connectivity index (χ4v) is 3.40. The summed E-state index contributed by atoms with van der Waals surface area (Å²) in [5.74, 6) is 0.339. The van der Waals surface area contributed by atoms with Gasteiger partial charge in [-0.1, -0.05) is 31.5 Å². The van der Waals surface area contributed by atoms with Gasteiger partial charge in [0.25, 0.3) is 0 Å². The number of carbonyl (C=O) groups is 2. The number of esters is 1. The fraction of sp³-hybridized carbons (Fsp3) is 0.296. The van der Waals surface area contributed by atoms with Gasteiger partial charge in [-0.25, -0.2) is 9.79 Å². The molecule has 1 aliphatic rings. The smallest absolute Gasteiger partial charge is 0.343 e. The summed E-state index contributed by atoms with van der Waals surface area (Å²) in [5.41, 5.74) is 2.76. The molecule has 0 atom stereocenters. The quantitative estimate of drug-likeness (QED) is 0.300. The summed E-state index contributed by atoms with van der Waals surface area (Å²) in [7, 11) is 1.57. The number of benzene rings is 2. The molecule has 2 N–H and O–H groups in total. The van der Waals surface area contributed by atoms with E-state index in [0.29, 0.717) is 29.5 Å². The molecule has 0 saturated carbocycles. The monoisotopic (exact) mass is 477 g/mol. The van der Waals surface area contributed by atoms with Crippen molar-refractivity contribution in [2.24, 2.45) is 4.99 Å². The predicted octanol–water partition coefficient (Wildman–Crippen LogP) is 5.00. The van der Waals surface area contributed by atoms with E-state index in [9.17, 15) is 9.59 Å². The number of anilines is 1. The van der Waals surface area contributed by atoms with Crippen molar-refractivity contribution < 1.29 is 23.8 Å². The zero-order chi connectivity index (χ0) is 25.2. The number of ether oxygens (including phenoxy) is 3. The van der Waals surface area contributed by atoms with Gasteiger partial charge in [-0.05, 0) is 56.2 Å². The number of methoxy groups -OCH3 is 1. The second kappa shape index (κ2) is 12.4. The summed E-state index contributed by atoms with van der Waals surface area (Å²) < 4.78 is 16.4. The molecule has 0 saturated heterocycles. The number of para-hydroxylation sites is 2. The van der Waals surface area contributed by atoms with Crippen molar-refractivity contribution in [2.45, 2.75) is 33.6 Å². The molecule has 184 valence electrons. The number of amidine groups is 1. The van der Waals surface area contributed by atoms with Gasteiger partial charge in [0, 0.05) is 11.8 Å². The summed E-state index contributed by atoms with van der Waals surface area (Å²) in [6.07, 6.45) is 5.02. The van der Waals surface area contributed by atoms with Crippen LogP contribution in [0.15, 0.2) is 64.8 Å². The van der Waals surface area contributed by atoms with Gasteiger partial charge in [0.2, 0.25) is 5.91 Å².